The minimum Gasteiger partial charge on any atom is -0.454 e. The molecule has 0 spiro atoms. The van der Waals surface area contributed by atoms with Gasteiger partial charge in [-0.05, 0) is 49.6 Å². The molecule has 2 heterocycles. The summed E-state index contributed by atoms with van der Waals surface area (Å²) in [5.41, 5.74) is 2.03. The van der Waals surface area contributed by atoms with Crippen molar-refractivity contribution < 1.29 is 14.3 Å². The van der Waals surface area contributed by atoms with Gasteiger partial charge in [0.1, 0.15) is 5.82 Å². The number of amides is 1. The number of aromatic nitrogens is 3. The molecular weight excluding hydrogens is 412 g/mol. The Morgan fingerprint density at radius 2 is 1.97 bits per heavy atom. The van der Waals surface area contributed by atoms with Crippen LogP contribution in [-0.2, 0) is 11.3 Å². The Balaban J connectivity index is 1.25. The molecule has 1 saturated carbocycles. The lowest BCUT2D eigenvalue weighted by molar-refractivity contribution is -0.128. The summed E-state index contributed by atoms with van der Waals surface area (Å²) in [5.74, 6) is 3.32. The largest absolute Gasteiger partial charge is 0.454 e. The average molecular weight is 437 g/mol. The van der Waals surface area contributed by atoms with Crippen LogP contribution in [0.2, 0.25) is 0 Å². The Morgan fingerprint density at radius 3 is 2.74 bits per heavy atom. The smallest absolute Gasteiger partial charge is 0.233 e. The molecular formula is C23H24N4O3S. The van der Waals surface area contributed by atoms with Crippen molar-refractivity contribution in [3.05, 3.63) is 59.9 Å². The average Bonchev–Trinajstić information content (AvgIpc) is 3.39. The molecule has 0 radical (unpaired) electrons. The first-order valence-electron chi connectivity index (χ1n) is 10.5. The van der Waals surface area contributed by atoms with E-state index >= 15 is 0 Å². The standard InChI is InChI=1S/C23H24N4O3S/c1-2-26(13-16-8-11-19-20(12-16)30-15-29-19)21(28)14-31-23-24-22(17-9-10-17)27(25-23)18-6-4-3-5-7-18/h3-8,11-12,17H,2,9-10,13-15H2,1H3. The lowest BCUT2D eigenvalue weighted by Gasteiger charge is -2.20. The molecule has 0 unspecified atom stereocenters. The maximum Gasteiger partial charge on any atom is 0.233 e. The lowest BCUT2D eigenvalue weighted by atomic mass is 10.2. The Labute approximate surface area is 185 Å². The van der Waals surface area contributed by atoms with Gasteiger partial charge in [0.2, 0.25) is 17.9 Å². The second kappa shape index (κ2) is 8.63. The topological polar surface area (TPSA) is 69.5 Å². The summed E-state index contributed by atoms with van der Waals surface area (Å²) in [6, 6.07) is 15.9. The molecule has 8 heteroatoms. The molecule has 1 aromatic heterocycles. The number of carbonyl (C=O) groups excluding carboxylic acids is 1. The number of hydrogen-bond acceptors (Lipinski definition) is 6. The summed E-state index contributed by atoms with van der Waals surface area (Å²) in [7, 11) is 0. The Morgan fingerprint density at radius 1 is 1.16 bits per heavy atom. The van der Waals surface area contributed by atoms with E-state index in [1.165, 1.54) is 11.8 Å². The van der Waals surface area contributed by atoms with Crippen LogP contribution in [0.3, 0.4) is 0 Å². The van der Waals surface area contributed by atoms with E-state index < -0.39 is 0 Å². The van der Waals surface area contributed by atoms with E-state index in [4.69, 9.17) is 14.5 Å². The highest BCUT2D eigenvalue weighted by molar-refractivity contribution is 7.99. The third-order valence-electron chi connectivity index (χ3n) is 5.43. The van der Waals surface area contributed by atoms with Crippen LogP contribution in [0, 0.1) is 0 Å². The fraction of sp³-hybridized carbons (Fsp3) is 0.348. The monoisotopic (exact) mass is 436 g/mol. The number of rotatable bonds is 8. The summed E-state index contributed by atoms with van der Waals surface area (Å²) in [5, 5.41) is 5.34. The first-order chi connectivity index (χ1) is 15.2. The van der Waals surface area contributed by atoms with Gasteiger partial charge < -0.3 is 14.4 Å². The predicted octanol–water partition coefficient (Wildman–Crippen LogP) is 4.01. The van der Waals surface area contributed by atoms with Crippen LogP contribution in [-0.4, -0.2) is 44.7 Å². The van der Waals surface area contributed by atoms with Gasteiger partial charge in [0.05, 0.1) is 11.4 Å². The molecule has 1 aliphatic heterocycles. The Bertz CT molecular complexity index is 1080. The SMILES string of the molecule is CCN(Cc1ccc2c(c1)OCO2)C(=O)CSc1nc(C2CC2)n(-c2ccccc2)n1. The maximum absolute atomic E-state index is 12.9. The van der Waals surface area contributed by atoms with Crippen LogP contribution >= 0.6 is 11.8 Å². The van der Waals surface area contributed by atoms with E-state index in [0.29, 0.717) is 29.9 Å². The van der Waals surface area contributed by atoms with Crippen molar-refractivity contribution in [2.45, 2.75) is 37.4 Å². The number of carbonyl (C=O) groups is 1. The highest BCUT2D eigenvalue weighted by atomic mass is 32.2. The maximum atomic E-state index is 12.9. The summed E-state index contributed by atoms with van der Waals surface area (Å²) < 4.78 is 12.7. The highest BCUT2D eigenvalue weighted by Gasteiger charge is 2.30. The minimum atomic E-state index is 0.0641. The second-order valence-electron chi connectivity index (χ2n) is 7.66. The summed E-state index contributed by atoms with van der Waals surface area (Å²) in [6.45, 7) is 3.40. The van der Waals surface area contributed by atoms with Crippen molar-refractivity contribution in [1.82, 2.24) is 19.7 Å². The highest BCUT2D eigenvalue weighted by Crippen LogP contribution is 2.40. The molecule has 31 heavy (non-hydrogen) atoms. The molecule has 1 aliphatic carbocycles. The van der Waals surface area contributed by atoms with Crippen molar-refractivity contribution in [2.24, 2.45) is 0 Å². The van der Waals surface area contributed by atoms with Gasteiger partial charge in [0.25, 0.3) is 0 Å². The second-order valence-corrected chi connectivity index (χ2v) is 8.60. The summed E-state index contributed by atoms with van der Waals surface area (Å²) in [6.07, 6.45) is 2.29. The van der Waals surface area contributed by atoms with E-state index in [0.717, 1.165) is 41.4 Å². The van der Waals surface area contributed by atoms with Crippen molar-refractivity contribution >= 4 is 17.7 Å². The van der Waals surface area contributed by atoms with Gasteiger partial charge in [-0.2, -0.15) is 0 Å². The van der Waals surface area contributed by atoms with Crippen molar-refractivity contribution in [3.8, 4) is 17.2 Å². The molecule has 0 N–H and O–H groups in total. The molecule has 5 rings (SSSR count). The molecule has 1 amide bonds. The van der Waals surface area contributed by atoms with Gasteiger partial charge in [-0.3, -0.25) is 4.79 Å². The van der Waals surface area contributed by atoms with E-state index in [2.05, 4.69) is 5.10 Å². The van der Waals surface area contributed by atoms with Gasteiger partial charge in [-0.1, -0.05) is 36.0 Å². The van der Waals surface area contributed by atoms with Gasteiger partial charge in [0, 0.05) is 19.0 Å². The zero-order chi connectivity index (χ0) is 21.2. The van der Waals surface area contributed by atoms with Gasteiger partial charge >= 0.3 is 0 Å². The van der Waals surface area contributed by atoms with E-state index in [9.17, 15) is 4.79 Å². The first kappa shape index (κ1) is 19.9. The number of hydrogen-bond donors (Lipinski definition) is 0. The van der Waals surface area contributed by atoms with E-state index in [-0.39, 0.29) is 12.7 Å². The predicted molar refractivity (Wildman–Crippen MR) is 118 cm³/mol. The number of para-hydroxylation sites is 1. The lowest BCUT2D eigenvalue weighted by Crippen LogP contribution is -2.31. The number of thioether (sulfide) groups is 1. The normalized spacial score (nSPS) is 14.6. The van der Waals surface area contributed by atoms with Crippen LogP contribution < -0.4 is 9.47 Å². The molecule has 3 aromatic rings. The minimum absolute atomic E-state index is 0.0641. The molecule has 0 atom stereocenters. The molecule has 0 bridgehead atoms. The van der Waals surface area contributed by atoms with Crippen LogP contribution in [0.5, 0.6) is 11.5 Å². The van der Waals surface area contributed by atoms with E-state index in [1.54, 1.807) is 0 Å². The number of fused-ring (bicyclic) bond motifs is 1. The molecule has 1 fully saturated rings. The Kier molecular flexibility index (Phi) is 5.55. The molecule has 2 aromatic carbocycles. The number of benzene rings is 2. The summed E-state index contributed by atoms with van der Waals surface area (Å²) >= 11 is 1.40. The molecule has 0 saturated heterocycles. The van der Waals surface area contributed by atoms with Crippen molar-refractivity contribution in [3.63, 3.8) is 0 Å². The third-order valence-corrected chi connectivity index (χ3v) is 6.25. The fourth-order valence-electron chi connectivity index (χ4n) is 3.58. The van der Waals surface area contributed by atoms with Crippen molar-refractivity contribution in [1.29, 1.82) is 0 Å². The first-order valence-corrected chi connectivity index (χ1v) is 11.5. The Hall–Kier alpha value is -3.00. The summed E-state index contributed by atoms with van der Waals surface area (Å²) in [4.78, 5) is 19.5. The molecule has 160 valence electrons. The van der Waals surface area contributed by atoms with Crippen LogP contribution in [0.1, 0.15) is 37.1 Å². The number of ether oxygens (including phenoxy) is 2. The van der Waals surface area contributed by atoms with Gasteiger partial charge in [-0.15, -0.1) is 5.10 Å². The van der Waals surface area contributed by atoms with Crippen LogP contribution in [0.4, 0.5) is 0 Å². The molecule has 2 aliphatic rings. The third kappa shape index (κ3) is 4.39. The van der Waals surface area contributed by atoms with Gasteiger partial charge in [-0.25, -0.2) is 9.67 Å². The van der Waals surface area contributed by atoms with E-state index in [1.807, 2.05) is 65.0 Å². The fourth-order valence-corrected chi connectivity index (χ4v) is 4.32. The van der Waals surface area contributed by atoms with Gasteiger partial charge in [0.15, 0.2) is 11.5 Å². The molecule has 7 nitrogen and oxygen atoms in total. The van der Waals surface area contributed by atoms with Crippen LogP contribution in [0.25, 0.3) is 5.69 Å². The zero-order valence-electron chi connectivity index (χ0n) is 17.4. The van der Waals surface area contributed by atoms with Crippen molar-refractivity contribution in [2.75, 3.05) is 19.1 Å². The quantitative estimate of drug-likeness (QED) is 0.497. The zero-order valence-corrected chi connectivity index (χ0v) is 18.2. The number of nitrogens with zero attached hydrogens (tertiary/aromatic N) is 4. The van der Waals surface area contributed by atoms with Crippen LogP contribution in [0.15, 0.2) is 53.7 Å².